The summed E-state index contributed by atoms with van der Waals surface area (Å²) in [6.07, 6.45) is 4.70. The first-order valence-corrected chi connectivity index (χ1v) is 12.2. The summed E-state index contributed by atoms with van der Waals surface area (Å²) in [5, 5.41) is 12.7. The fraction of sp³-hybridized carbons (Fsp3) is 0.400. The van der Waals surface area contributed by atoms with Crippen molar-refractivity contribution in [2.75, 3.05) is 5.75 Å². The minimum atomic E-state index is 0.0501. The zero-order chi connectivity index (χ0) is 22.3. The molecule has 168 valence electrons. The van der Waals surface area contributed by atoms with Crippen LogP contribution in [0.4, 0.5) is 0 Å². The van der Waals surface area contributed by atoms with E-state index in [0.717, 1.165) is 23.4 Å². The summed E-state index contributed by atoms with van der Waals surface area (Å²) < 4.78 is 8.00. The lowest BCUT2D eigenvalue weighted by Crippen LogP contribution is -2.41. The highest BCUT2D eigenvalue weighted by molar-refractivity contribution is 7.99. The fourth-order valence-corrected chi connectivity index (χ4v) is 4.88. The molecule has 1 aliphatic rings. The number of hydrogen-bond donors (Lipinski definition) is 1. The number of para-hydroxylation sites is 2. The van der Waals surface area contributed by atoms with E-state index in [-0.39, 0.29) is 11.9 Å². The molecule has 0 radical (unpaired) electrons. The molecular weight excluding hydrogens is 420 g/mol. The molecule has 0 bridgehead atoms. The summed E-state index contributed by atoms with van der Waals surface area (Å²) in [6, 6.07) is 18.1. The van der Waals surface area contributed by atoms with Gasteiger partial charge in [0.25, 0.3) is 0 Å². The van der Waals surface area contributed by atoms with E-state index in [0.29, 0.717) is 29.3 Å². The number of aromatic nitrogens is 3. The number of ether oxygens (including phenoxy) is 1. The van der Waals surface area contributed by atoms with Gasteiger partial charge < -0.3 is 10.1 Å². The van der Waals surface area contributed by atoms with E-state index in [1.54, 1.807) is 0 Å². The van der Waals surface area contributed by atoms with Gasteiger partial charge in [0.2, 0.25) is 5.91 Å². The number of carbonyl (C=O) groups is 1. The predicted octanol–water partition coefficient (Wildman–Crippen LogP) is 4.94. The third-order valence-corrected chi connectivity index (χ3v) is 6.88. The van der Waals surface area contributed by atoms with Crippen molar-refractivity contribution in [2.45, 2.75) is 57.3 Å². The Morgan fingerprint density at radius 2 is 1.84 bits per heavy atom. The predicted molar refractivity (Wildman–Crippen MR) is 127 cm³/mol. The maximum absolute atomic E-state index is 12.6. The highest BCUT2D eigenvalue weighted by atomic mass is 32.2. The summed E-state index contributed by atoms with van der Waals surface area (Å²) in [5.74, 6) is 2.42. The van der Waals surface area contributed by atoms with E-state index in [1.165, 1.54) is 31.0 Å². The largest absolute Gasteiger partial charge is 0.485 e. The topological polar surface area (TPSA) is 69.0 Å². The number of thioether (sulfide) groups is 1. The molecule has 0 aliphatic heterocycles. The number of carbonyl (C=O) groups excluding carboxylic acids is 1. The number of nitrogens with one attached hydrogen (secondary N) is 1. The minimum Gasteiger partial charge on any atom is -0.485 e. The second-order valence-electron chi connectivity index (χ2n) is 8.35. The Hall–Kier alpha value is -2.80. The maximum Gasteiger partial charge on any atom is 0.230 e. The van der Waals surface area contributed by atoms with E-state index in [2.05, 4.69) is 22.4 Å². The molecule has 0 saturated heterocycles. The average Bonchev–Trinajstić information content (AvgIpc) is 3.22. The first kappa shape index (κ1) is 22.4. The van der Waals surface area contributed by atoms with E-state index >= 15 is 0 Å². The van der Waals surface area contributed by atoms with E-state index < -0.39 is 0 Å². The van der Waals surface area contributed by atoms with Crippen LogP contribution in [-0.4, -0.2) is 32.5 Å². The average molecular weight is 451 g/mol. The Kier molecular flexibility index (Phi) is 7.47. The van der Waals surface area contributed by atoms with Crippen LogP contribution in [0.2, 0.25) is 0 Å². The number of rotatable bonds is 8. The van der Waals surface area contributed by atoms with E-state index in [1.807, 2.05) is 66.1 Å². The standard InChI is InChI=1S/C25H30N4O2S/c1-18-10-6-8-14-21(18)26-24(30)17-32-25-28-27-23(29(25)20-12-4-3-5-13-20)16-31-22-15-9-7-11-19(22)2/h3-5,7,9,11-13,15,18,21H,6,8,10,14,16-17H2,1-2H3,(H,26,30). The van der Waals surface area contributed by atoms with Gasteiger partial charge in [-0.2, -0.15) is 0 Å². The van der Waals surface area contributed by atoms with Crippen LogP contribution in [0.5, 0.6) is 5.75 Å². The van der Waals surface area contributed by atoms with Crippen LogP contribution in [0.3, 0.4) is 0 Å². The van der Waals surface area contributed by atoms with Crippen molar-refractivity contribution in [2.24, 2.45) is 5.92 Å². The Labute approximate surface area is 193 Å². The molecule has 4 rings (SSSR count). The lowest BCUT2D eigenvalue weighted by Gasteiger charge is -2.29. The van der Waals surface area contributed by atoms with Crippen LogP contribution >= 0.6 is 11.8 Å². The zero-order valence-corrected chi connectivity index (χ0v) is 19.5. The van der Waals surface area contributed by atoms with Crippen molar-refractivity contribution >= 4 is 17.7 Å². The second kappa shape index (κ2) is 10.7. The number of nitrogens with zero attached hydrogens (tertiary/aromatic N) is 3. The van der Waals surface area contributed by atoms with Gasteiger partial charge in [0, 0.05) is 11.7 Å². The third kappa shape index (κ3) is 5.51. The molecule has 1 saturated carbocycles. The molecule has 32 heavy (non-hydrogen) atoms. The number of hydrogen-bond acceptors (Lipinski definition) is 5. The van der Waals surface area contributed by atoms with Crippen LogP contribution in [0.25, 0.3) is 5.69 Å². The van der Waals surface area contributed by atoms with Crippen LogP contribution in [0, 0.1) is 12.8 Å². The molecule has 6 nitrogen and oxygen atoms in total. The monoisotopic (exact) mass is 450 g/mol. The first-order chi connectivity index (χ1) is 15.6. The van der Waals surface area contributed by atoms with E-state index in [4.69, 9.17) is 4.74 Å². The van der Waals surface area contributed by atoms with Crippen molar-refractivity contribution in [1.82, 2.24) is 20.1 Å². The lowest BCUT2D eigenvalue weighted by molar-refractivity contribution is -0.119. The van der Waals surface area contributed by atoms with Crippen molar-refractivity contribution in [1.29, 1.82) is 0 Å². The van der Waals surface area contributed by atoms with Crippen LogP contribution in [0.1, 0.15) is 44.0 Å². The summed E-state index contributed by atoms with van der Waals surface area (Å²) >= 11 is 1.41. The highest BCUT2D eigenvalue weighted by Gasteiger charge is 2.23. The molecule has 3 aromatic rings. The number of amides is 1. The summed E-state index contributed by atoms with van der Waals surface area (Å²) in [5.41, 5.74) is 2.02. The Morgan fingerprint density at radius 1 is 1.09 bits per heavy atom. The van der Waals surface area contributed by atoms with Gasteiger partial charge in [0.15, 0.2) is 11.0 Å². The van der Waals surface area contributed by atoms with Gasteiger partial charge in [-0.1, -0.05) is 67.9 Å². The van der Waals surface area contributed by atoms with Crippen molar-refractivity contribution in [3.05, 3.63) is 66.0 Å². The maximum atomic E-state index is 12.6. The lowest BCUT2D eigenvalue weighted by atomic mass is 9.86. The van der Waals surface area contributed by atoms with Crippen molar-refractivity contribution in [3.8, 4) is 11.4 Å². The van der Waals surface area contributed by atoms with Gasteiger partial charge in [0.1, 0.15) is 12.4 Å². The molecule has 0 spiro atoms. The van der Waals surface area contributed by atoms with Crippen LogP contribution in [-0.2, 0) is 11.4 Å². The molecule has 1 heterocycles. The SMILES string of the molecule is Cc1ccccc1OCc1nnc(SCC(=O)NC2CCCCC2C)n1-c1ccccc1. The number of benzene rings is 2. The van der Waals surface area contributed by atoms with Crippen molar-refractivity contribution < 1.29 is 9.53 Å². The smallest absolute Gasteiger partial charge is 0.230 e. The molecule has 1 aliphatic carbocycles. The van der Waals surface area contributed by atoms with Gasteiger partial charge in [-0.05, 0) is 49.4 Å². The van der Waals surface area contributed by atoms with Gasteiger partial charge in [0.05, 0.1) is 5.75 Å². The summed E-state index contributed by atoms with van der Waals surface area (Å²) in [4.78, 5) is 12.6. The molecule has 2 aromatic carbocycles. The minimum absolute atomic E-state index is 0.0501. The Bertz CT molecular complexity index is 1040. The van der Waals surface area contributed by atoms with Crippen LogP contribution in [0.15, 0.2) is 59.8 Å². The third-order valence-electron chi connectivity index (χ3n) is 5.96. The number of aryl methyl sites for hydroxylation is 1. The molecular formula is C25H30N4O2S. The van der Waals surface area contributed by atoms with E-state index in [9.17, 15) is 4.79 Å². The van der Waals surface area contributed by atoms with Gasteiger partial charge in [-0.3, -0.25) is 9.36 Å². The molecule has 1 amide bonds. The Morgan fingerprint density at radius 3 is 2.62 bits per heavy atom. The molecule has 1 N–H and O–H groups in total. The first-order valence-electron chi connectivity index (χ1n) is 11.2. The molecule has 2 unspecified atom stereocenters. The van der Waals surface area contributed by atoms with Gasteiger partial charge in [-0.15, -0.1) is 10.2 Å². The molecule has 7 heteroatoms. The zero-order valence-electron chi connectivity index (χ0n) is 18.7. The van der Waals surface area contributed by atoms with Crippen molar-refractivity contribution in [3.63, 3.8) is 0 Å². The molecule has 2 atom stereocenters. The Balaban J connectivity index is 1.47. The van der Waals surface area contributed by atoms with Crippen LogP contribution < -0.4 is 10.1 Å². The van der Waals surface area contributed by atoms with Gasteiger partial charge in [-0.25, -0.2) is 0 Å². The summed E-state index contributed by atoms with van der Waals surface area (Å²) in [7, 11) is 0. The summed E-state index contributed by atoms with van der Waals surface area (Å²) in [6.45, 7) is 4.54. The second-order valence-corrected chi connectivity index (χ2v) is 9.29. The fourth-order valence-electron chi connectivity index (χ4n) is 4.09. The quantitative estimate of drug-likeness (QED) is 0.492. The van der Waals surface area contributed by atoms with Gasteiger partial charge >= 0.3 is 0 Å². The molecule has 1 aromatic heterocycles. The highest BCUT2D eigenvalue weighted by Crippen LogP contribution is 2.26. The molecule has 1 fully saturated rings. The normalized spacial score (nSPS) is 18.3.